The Labute approximate surface area is 199 Å². The second kappa shape index (κ2) is 8.86. The highest BCUT2D eigenvalue weighted by Gasteiger charge is 2.33. The molecule has 1 aliphatic rings. The molecule has 0 unspecified atom stereocenters. The number of halogens is 1. The van der Waals surface area contributed by atoms with Crippen LogP contribution in [0.3, 0.4) is 0 Å². The molecule has 0 radical (unpaired) electrons. The molecule has 1 fully saturated rings. The van der Waals surface area contributed by atoms with Gasteiger partial charge in [-0.25, -0.2) is 14.8 Å². The fourth-order valence-corrected chi connectivity index (χ4v) is 4.62. The predicted molar refractivity (Wildman–Crippen MR) is 127 cm³/mol. The highest BCUT2D eigenvalue weighted by Crippen LogP contribution is 2.34. The van der Waals surface area contributed by atoms with Crippen LogP contribution in [0.4, 0.5) is 10.6 Å². The van der Waals surface area contributed by atoms with Crippen LogP contribution in [0.1, 0.15) is 40.5 Å². The minimum atomic E-state index is -0.533. The summed E-state index contributed by atoms with van der Waals surface area (Å²) in [6.07, 6.45) is 4.35. The zero-order valence-corrected chi connectivity index (χ0v) is 20.4. The largest absolute Gasteiger partial charge is 0.444 e. The molecule has 0 bridgehead atoms. The van der Waals surface area contributed by atoms with E-state index < -0.39 is 11.7 Å². The number of aromatic amines is 2. The van der Waals surface area contributed by atoms with E-state index in [-0.39, 0.29) is 16.1 Å². The lowest BCUT2D eigenvalue weighted by atomic mass is 9.90. The Morgan fingerprint density at radius 2 is 2.06 bits per heavy atom. The van der Waals surface area contributed by atoms with Gasteiger partial charge in [-0.3, -0.25) is 9.89 Å². The summed E-state index contributed by atoms with van der Waals surface area (Å²) in [6, 6.07) is 1.72. The van der Waals surface area contributed by atoms with Gasteiger partial charge >= 0.3 is 6.09 Å². The summed E-state index contributed by atoms with van der Waals surface area (Å²) >= 11 is 7.35. The van der Waals surface area contributed by atoms with Gasteiger partial charge in [-0.15, -0.1) is 0 Å². The van der Waals surface area contributed by atoms with Gasteiger partial charge in [-0.2, -0.15) is 5.10 Å². The second-order valence-electron chi connectivity index (χ2n) is 9.22. The molecule has 1 aliphatic heterocycles. The zero-order valence-electron chi connectivity index (χ0n) is 18.9. The molecule has 3 aromatic rings. The molecule has 0 aliphatic carbocycles. The fraction of sp³-hybridized carbons (Fsp3) is 0.476. The first-order valence-electron chi connectivity index (χ1n) is 10.6. The van der Waals surface area contributed by atoms with E-state index in [0.29, 0.717) is 34.2 Å². The van der Waals surface area contributed by atoms with Gasteiger partial charge in [0.1, 0.15) is 22.0 Å². The van der Waals surface area contributed by atoms with Crippen molar-refractivity contribution in [2.24, 2.45) is 0 Å². The molecule has 12 heteroatoms. The van der Waals surface area contributed by atoms with Crippen molar-refractivity contribution in [1.29, 1.82) is 0 Å². The number of anilines is 1. The SMILES string of the molecule is CC1(NC(=O)OC(C)(C)C)CCN(c2cnc3c(Sc4cc[nH]c(=O)c4Cl)n[nH]c3n2)CC1. The minimum absolute atomic E-state index is 0.111. The summed E-state index contributed by atoms with van der Waals surface area (Å²) in [5.74, 6) is 0.733. The number of ether oxygens (including phenoxy) is 1. The number of carbonyl (C=O) groups is 1. The third kappa shape index (κ3) is 5.41. The van der Waals surface area contributed by atoms with Gasteiger partial charge in [0.05, 0.1) is 6.20 Å². The van der Waals surface area contributed by atoms with E-state index in [2.05, 4.69) is 35.4 Å². The van der Waals surface area contributed by atoms with Crippen LogP contribution in [0.25, 0.3) is 11.2 Å². The lowest BCUT2D eigenvalue weighted by molar-refractivity contribution is 0.0448. The fourth-order valence-electron chi connectivity index (χ4n) is 3.52. The molecule has 1 amide bonds. The van der Waals surface area contributed by atoms with Crippen LogP contribution in [-0.2, 0) is 4.74 Å². The van der Waals surface area contributed by atoms with E-state index in [9.17, 15) is 9.59 Å². The Morgan fingerprint density at radius 1 is 1.33 bits per heavy atom. The molecule has 0 saturated carbocycles. The van der Waals surface area contributed by atoms with Crippen molar-refractivity contribution in [3.63, 3.8) is 0 Å². The molecule has 176 valence electrons. The van der Waals surface area contributed by atoms with Gasteiger partial charge in [0, 0.05) is 29.7 Å². The zero-order chi connectivity index (χ0) is 23.8. The number of pyridine rings is 1. The van der Waals surface area contributed by atoms with E-state index >= 15 is 0 Å². The number of piperidine rings is 1. The van der Waals surface area contributed by atoms with Crippen molar-refractivity contribution in [2.75, 3.05) is 18.0 Å². The molecular weight excluding hydrogens is 466 g/mol. The summed E-state index contributed by atoms with van der Waals surface area (Å²) in [6.45, 7) is 9.00. The van der Waals surface area contributed by atoms with Crippen LogP contribution >= 0.6 is 23.4 Å². The van der Waals surface area contributed by atoms with Gasteiger partial charge in [-0.05, 0) is 46.6 Å². The Balaban J connectivity index is 1.43. The van der Waals surface area contributed by atoms with E-state index in [1.165, 1.54) is 18.0 Å². The Kier molecular flexibility index (Phi) is 6.28. The smallest absolute Gasteiger partial charge is 0.408 e. The maximum absolute atomic E-state index is 12.2. The van der Waals surface area contributed by atoms with Crippen LogP contribution in [-0.4, -0.2) is 55.5 Å². The van der Waals surface area contributed by atoms with Crippen LogP contribution in [0, 0.1) is 0 Å². The van der Waals surface area contributed by atoms with Crippen molar-refractivity contribution in [3.05, 3.63) is 33.8 Å². The molecule has 4 heterocycles. The number of carbonyl (C=O) groups excluding carboxylic acids is 1. The first-order chi connectivity index (χ1) is 15.5. The van der Waals surface area contributed by atoms with Crippen LogP contribution < -0.4 is 15.8 Å². The Morgan fingerprint density at radius 3 is 2.76 bits per heavy atom. The first kappa shape index (κ1) is 23.4. The lowest BCUT2D eigenvalue weighted by Crippen LogP contribution is -2.54. The van der Waals surface area contributed by atoms with Crippen molar-refractivity contribution in [2.45, 2.75) is 61.6 Å². The van der Waals surface area contributed by atoms with Crippen molar-refractivity contribution < 1.29 is 9.53 Å². The summed E-state index contributed by atoms with van der Waals surface area (Å²) in [7, 11) is 0. The quantitative estimate of drug-likeness (QED) is 0.503. The summed E-state index contributed by atoms with van der Waals surface area (Å²) in [4.78, 5) is 38.4. The summed E-state index contributed by atoms with van der Waals surface area (Å²) < 4.78 is 5.40. The molecule has 3 aromatic heterocycles. The number of rotatable bonds is 4. The second-order valence-corrected chi connectivity index (χ2v) is 10.6. The molecule has 0 spiro atoms. The number of nitrogens with one attached hydrogen (secondary N) is 3. The number of fused-ring (bicyclic) bond motifs is 1. The minimum Gasteiger partial charge on any atom is -0.444 e. The lowest BCUT2D eigenvalue weighted by Gasteiger charge is -2.40. The molecule has 0 aromatic carbocycles. The van der Waals surface area contributed by atoms with Crippen LogP contribution in [0.15, 0.2) is 33.2 Å². The van der Waals surface area contributed by atoms with Crippen LogP contribution in [0.2, 0.25) is 5.02 Å². The predicted octanol–water partition coefficient (Wildman–Crippen LogP) is 3.73. The van der Waals surface area contributed by atoms with Crippen molar-refractivity contribution in [1.82, 2.24) is 30.5 Å². The molecule has 33 heavy (non-hydrogen) atoms. The third-order valence-electron chi connectivity index (χ3n) is 5.29. The Hall–Kier alpha value is -2.79. The average molecular weight is 492 g/mol. The molecule has 0 atom stereocenters. The van der Waals surface area contributed by atoms with E-state index in [1.807, 2.05) is 27.7 Å². The van der Waals surface area contributed by atoms with Gasteiger partial charge < -0.3 is 19.9 Å². The topological polar surface area (TPSA) is 129 Å². The van der Waals surface area contributed by atoms with Gasteiger partial charge in [-0.1, -0.05) is 23.4 Å². The van der Waals surface area contributed by atoms with Gasteiger partial charge in [0.2, 0.25) is 0 Å². The number of H-pyrrole nitrogens is 2. The van der Waals surface area contributed by atoms with Gasteiger partial charge in [0.15, 0.2) is 10.7 Å². The molecule has 4 rings (SSSR count). The number of hydrogen-bond donors (Lipinski definition) is 3. The number of nitrogens with zero attached hydrogens (tertiary/aromatic N) is 4. The van der Waals surface area contributed by atoms with Crippen molar-refractivity contribution in [3.8, 4) is 0 Å². The molecule has 3 N–H and O–H groups in total. The molecule has 1 saturated heterocycles. The first-order valence-corrected chi connectivity index (χ1v) is 11.7. The maximum atomic E-state index is 12.2. The highest BCUT2D eigenvalue weighted by molar-refractivity contribution is 7.99. The number of hydrogen-bond acceptors (Lipinski definition) is 8. The van der Waals surface area contributed by atoms with E-state index in [1.54, 1.807) is 12.3 Å². The van der Waals surface area contributed by atoms with Gasteiger partial charge in [0.25, 0.3) is 5.56 Å². The van der Waals surface area contributed by atoms with E-state index in [4.69, 9.17) is 16.3 Å². The summed E-state index contributed by atoms with van der Waals surface area (Å²) in [5, 5.41) is 10.9. The summed E-state index contributed by atoms with van der Waals surface area (Å²) in [5.41, 5.74) is -0.0755. The van der Waals surface area contributed by atoms with Crippen molar-refractivity contribution >= 4 is 46.4 Å². The maximum Gasteiger partial charge on any atom is 0.408 e. The average Bonchev–Trinajstić information content (AvgIpc) is 3.12. The standard InChI is InChI=1S/C21H26ClN7O3S/c1-20(2,3)32-19(31)26-21(4)6-9-29(10-7-21)13-11-24-15-16(25-13)27-28-18(15)33-12-5-8-23-17(30)14(12)22/h5,8,11H,6-7,9-10H2,1-4H3,(H,23,30)(H,26,31)(H,25,27,28). The van der Waals surface area contributed by atoms with E-state index in [0.717, 1.165) is 18.7 Å². The normalized spacial score (nSPS) is 16.1. The molecule has 10 nitrogen and oxygen atoms in total. The third-order valence-corrected chi connectivity index (χ3v) is 6.82. The number of alkyl carbamates (subject to hydrolysis) is 1. The van der Waals surface area contributed by atoms with Crippen LogP contribution in [0.5, 0.6) is 0 Å². The number of aromatic nitrogens is 5. The highest BCUT2D eigenvalue weighted by atomic mass is 35.5. The Bertz CT molecular complexity index is 1230. The monoisotopic (exact) mass is 491 g/mol. The number of amides is 1. The molecular formula is C21H26ClN7O3S.